The topological polar surface area (TPSA) is 50.8 Å². The van der Waals surface area contributed by atoms with Gasteiger partial charge in [-0.05, 0) is 79.1 Å². The third-order valence-electron chi connectivity index (χ3n) is 5.64. The van der Waals surface area contributed by atoms with Gasteiger partial charge in [0, 0.05) is 36.4 Å². The lowest BCUT2D eigenvalue weighted by atomic mass is 10.0. The van der Waals surface area contributed by atoms with E-state index in [0.29, 0.717) is 16.6 Å². The van der Waals surface area contributed by atoms with Gasteiger partial charge in [-0.2, -0.15) is 0 Å². The molecule has 3 aromatic carbocycles. The van der Waals surface area contributed by atoms with Crippen LogP contribution in [0.4, 0.5) is 5.69 Å². The van der Waals surface area contributed by atoms with Crippen molar-refractivity contribution in [1.82, 2.24) is 4.90 Å². The molecule has 1 aliphatic heterocycles. The fourth-order valence-electron chi connectivity index (χ4n) is 3.85. The highest BCUT2D eigenvalue weighted by Crippen LogP contribution is 2.25. The highest BCUT2D eigenvalue weighted by molar-refractivity contribution is 6.30. The molecule has 6 heteroatoms. The number of benzene rings is 3. The maximum Gasteiger partial charge on any atom is 0.337 e. The number of hydrogen-bond donors (Lipinski definition) is 1. The van der Waals surface area contributed by atoms with Crippen LogP contribution >= 0.6 is 11.6 Å². The number of esters is 1. The van der Waals surface area contributed by atoms with E-state index in [1.54, 1.807) is 0 Å². The number of nitrogens with one attached hydrogen (secondary N) is 1. The highest BCUT2D eigenvalue weighted by atomic mass is 35.5. The molecular weight excluding hydrogens is 424 g/mol. The van der Waals surface area contributed by atoms with Crippen molar-refractivity contribution in [1.29, 1.82) is 0 Å². The molecule has 5 nitrogen and oxygen atoms in total. The van der Waals surface area contributed by atoms with Gasteiger partial charge in [-0.15, -0.1) is 0 Å². The second kappa shape index (κ2) is 10.5. The van der Waals surface area contributed by atoms with Gasteiger partial charge in [0.25, 0.3) is 0 Å². The molecule has 0 aromatic heterocycles. The Hall–Kier alpha value is -3.02. The van der Waals surface area contributed by atoms with Crippen molar-refractivity contribution in [2.24, 2.45) is 0 Å². The Labute approximate surface area is 193 Å². The number of carbonyl (C=O) groups excluding carboxylic acids is 1. The number of hydrogen-bond acceptors (Lipinski definition) is 5. The van der Waals surface area contributed by atoms with Gasteiger partial charge in [0.15, 0.2) is 0 Å². The SMILES string of the molecule is COC(=O)c1ccc(CN2CCC(Nc3ccc(Oc4ccc(Cl)cc4)cc3)CC2)cc1. The molecule has 166 valence electrons. The first-order chi connectivity index (χ1) is 15.6. The number of anilines is 1. The summed E-state index contributed by atoms with van der Waals surface area (Å²) in [5.41, 5.74) is 2.90. The van der Waals surface area contributed by atoms with E-state index < -0.39 is 0 Å². The maximum absolute atomic E-state index is 11.6. The smallest absolute Gasteiger partial charge is 0.337 e. The van der Waals surface area contributed by atoms with Gasteiger partial charge in [-0.3, -0.25) is 4.90 Å². The van der Waals surface area contributed by atoms with E-state index in [9.17, 15) is 4.79 Å². The van der Waals surface area contributed by atoms with Crippen molar-refractivity contribution < 1.29 is 14.3 Å². The number of methoxy groups -OCH3 is 1. The van der Waals surface area contributed by atoms with Gasteiger partial charge in [0.2, 0.25) is 0 Å². The molecule has 0 atom stereocenters. The van der Waals surface area contributed by atoms with Crippen LogP contribution in [-0.2, 0) is 11.3 Å². The largest absolute Gasteiger partial charge is 0.465 e. The minimum absolute atomic E-state index is 0.298. The normalized spacial score (nSPS) is 14.7. The quantitative estimate of drug-likeness (QED) is 0.447. The Kier molecular flexibility index (Phi) is 7.30. The van der Waals surface area contributed by atoms with Crippen LogP contribution in [0.25, 0.3) is 0 Å². The molecule has 0 aliphatic carbocycles. The van der Waals surface area contributed by atoms with Crippen LogP contribution in [0, 0.1) is 0 Å². The highest BCUT2D eigenvalue weighted by Gasteiger charge is 2.19. The summed E-state index contributed by atoms with van der Waals surface area (Å²) in [6, 6.07) is 23.5. The van der Waals surface area contributed by atoms with Gasteiger partial charge in [0.1, 0.15) is 11.5 Å². The molecule has 0 saturated carbocycles. The summed E-state index contributed by atoms with van der Waals surface area (Å²) < 4.78 is 10.6. The molecular formula is C26H27ClN2O3. The second-order valence-electron chi connectivity index (χ2n) is 7.96. The fourth-order valence-corrected chi connectivity index (χ4v) is 3.98. The molecule has 1 aliphatic rings. The number of nitrogens with zero attached hydrogens (tertiary/aromatic N) is 1. The summed E-state index contributed by atoms with van der Waals surface area (Å²) >= 11 is 5.92. The number of rotatable bonds is 7. The molecule has 0 radical (unpaired) electrons. The lowest BCUT2D eigenvalue weighted by molar-refractivity contribution is 0.0600. The number of piperidine rings is 1. The van der Waals surface area contributed by atoms with E-state index in [-0.39, 0.29) is 5.97 Å². The number of ether oxygens (including phenoxy) is 2. The van der Waals surface area contributed by atoms with Gasteiger partial charge >= 0.3 is 5.97 Å². The van der Waals surface area contributed by atoms with Crippen molar-refractivity contribution in [2.75, 3.05) is 25.5 Å². The second-order valence-corrected chi connectivity index (χ2v) is 8.40. The number of likely N-dealkylation sites (tertiary alicyclic amines) is 1. The molecule has 0 bridgehead atoms. The Balaban J connectivity index is 1.23. The van der Waals surface area contributed by atoms with Crippen LogP contribution in [0.3, 0.4) is 0 Å². The maximum atomic E-state index is 11.6. The van der Waals surface area contributed by atoms with Crippen LogP contribution in [0.2, 0.25) is 5.02 Å². The minimum atomic E-state index is -0.298. The molecule has 0 amide bonds. The molecule has 1 saturated heterocycles. The van der Waals surface area contributed by atoms with E-state index in [2.05, 4.69) is 22.3 Å². The molecule has 1 fully saturated rings. The van der Waals surface area contributed by atoms with Gasteiger partial charge in [-0.25, -0.2) is 4.79 Å². The predicted octanol–water partition coefficient (Wildman–Crippen LogP) is 6.00. The summed E-state index contributed by atoms with van der Waals surface area (Å²) in [4.78, 5) is 14.0. The molecule has 3 aromatic rings. The molecule has 4 rings (SSSR count). The lowest BCUT2D eigenvalue weighted by Gasteiger charge is -2.33. The fraction of sp³-hybridized carbons (Fsp3) is 0.269. The third kappa shape index (κ3) is 6.02. The van der Waals surface area contributed by atoms with Crippen molar-refractivity contribution in [3.8, 4) is 11.5 Å². The van der Waals surface area contributed by atoms with Crippen LogP contribution in [0.15, 0.2) is 72.8 Å². The van der Waals surface area contributed by atoms with Crippen LogP contribution in [-0.4, -0.2) is 37.1 Å². The first-order valence-corrected chi connectivity index (χ1v) is 11.2. The molecule has 0 unspecified atom stereocenters. The third-order valence-corrected chi connectivity index (χ3v) is 5.90. The number of carbonyl (C=O) groups is 1. The molecule has 1 heterocycles. The average molecular weight is 451 g/mol. The minimum Gasteiger partial charge on any atom is -0.465 e. The first kappa shape index (κ1) is 22.2. The molecule has 32 heavy (non-hydrogen) atoms. The lowest BCUT2D eigenvalue weighted by Crippen LogP contribution is -2.38. The summed E-state index contributed by atoms with van der Waals surface area (Å²) in [7, 11) is 1.40. The van der Waals surface area contributed by atoms with Crippen molar-refractivity contribution in [2.45, 2.75) is 25.4 Å². The number of halogens is 1. The first-order valence-electron chi connectivity index (χ1n) is 10.8. The van der Waals surface area contributed by atoms with E-state index in [1.807, 2.05) is 60.7 Å². The van der Waals surface area contributed by atoms with Crippen molar-refractivity contribution in [3.05, 3.63) is 88.9 Å². The van der Waals surface area contributed by atoms with E-state index >= 15 is 0 Å². The van der Waals surface area contributed by atoms with Gasteiger partial charge < -0.3 is 14.8 Å². The summed E-state index contributed by atoms with van der Waals surface area (Å²) in [6.07, 6.45) is 2.17. The van der Waals surface area contributed by atoms with Crippen LogP contribution in [0.5, 0.6) is 11.5 Å². The summed E-state index contributed by atoms with van der Waals surface area (Å²) in [5.74, 6) is 1.27. The zero-order valence-corrected chi connectivity index (χ0v) is 18.8. The van der Waals surface area contributed by atoms with Crippen molar-refractivity contribution >= 4 is 23.3 Å². The van der Waals surface area contributed by atoms with Crippen molar-refractivity contribution in [3.63, 3.8) is 0 Å². The molecule has 0 spiro atoms. The average Bonchev–Trinajstić information content (AvgIpc) is 2.83. The Bertz CT molecular complexity index is 1010. The zero-order valence-electron chi connectivity index (χ0n) is 18.1. The zero-order chi connectivity index (χ0) is 22.3. The predicted molar refractivity (Wildman–Crippen MR) is 128 cm³/mol. The molecule has 1 N–H and O–H groups in total. The van der Waals surface area contributed by atoms with Gasteiger partial charge in [-0.1, -0.05) is 23.7 Å². The Morgan fingerprint density at radius 2 is 1.53 bits per heavy atom. The van der Waals surface area contributed by atoms with E-state index in [4.69, 9.17) is 21.1 Å². The van der Waals surface area contributed by atoms with Gasteiger partial charge in [0.05, 0.1) is 12.7 Å². The standard InChI is InChI=1S/C26H27ClN2O3/c1-31-26(30)20-4-2-19(3-5-20)18-29-16-14-23(15-17-29)28-22-8-12-25(13-9-22)32-24-10-6-21(27)7-11-24/h2-13,23,28H,14-18H2,1H3. The van der Waals surface area contributed by atoms with Crippen LogP contribution in [0.1, 0.15) is 28.8 Å². The Morgan fingerprint density at radius 1 is 0.938 bits per heavy atom. The monoisotopic (exact) mass is 450 g/mol. The summed E-state index contributed by atoms with van der Waals surface area (Å²) in [5, 5.41) is 4.33. The Morgan fingerprint density at radius 3 is 2.12 bits per heavy atom. The van der Waals surface area contributed by atoms with E-state index in [1.165, 1.54) is 12.7 Å². The van der Waals surface area contributed by atoms with E-state index in [0.717, 1.165) is 49.7 Å². The summed E-state index contributed by atoms with van der Waals surface area (Å²) in [6.45, 7) is 2.97. The van der Waals surface area contributed by atoms with Crippen LogP contribution < -0.4 is 10.1 Å².